The van der Waals surface area contributed by atoms with Crippen LogP contribution in [0.5, 0.6) is 23.0 Å². The molecule has 162 valence electrons. The Bertz CT molecular complexity index is 1230. The molecule has 3 aromatic rings. The zero-order valence-electron chi connectivity index (χ0n) is 15.8. The Morgan fingerprint density at radius 2 is 1.65 bits per heavy atom. The van der Waals surface area contributed by atoms with Gasteiger partial charge >= 0.3 is 0 Å². The maximum absolute atomic E-state index is 12.8. The van der Waals surface area contributed by atoms with Crippen LogP contribution < -0.4 is 10.2 Å². The molecule has 2 aliphatic heterocycles. The zero-order chi connectivity index (χ0) is 22.0. The van der Waals surface area contributed by atoms with Crippen LogP contribution in [0, 0.1) is 0 Å². The first-order valence-electron chi connectivity index (χ1n) is 9.44. The number of aliphatic hydroxyl groups excluding tert-OH is 3. The molecule has 0 saturated carbocycles. The number of ether oxygens (including phenoxy) is 2. The normalized spacial score (nSPS) is 27.0. The fourth-order valence-corrected chi connectivity index (χ4v) is 4.16. The van der Waals surface area contributed by atoms with E-state index in [-0.39, 0.29) is 45.1 Å². The van der Waals surface area contributed by atoms with Gasteiger partial charge in [-0.15, -0.1) is 0 Å². The molecule has 31 heavy (non-hydrogen) atoms. The summed E-state index contributed by atoms with van der Waals surface area (Å²) in [5, 5.41) is 59.8. The highest BCUT2D eigenvalue weighted by Gasteiger charge is 2.52. The molecule has 1 fully saturated rings. The Morgan fingerprint density at radius 1 is 0.935 bits per heavy atom. The molecule has 10 nitrogen and oxygen atoms in total. The van der Waals surface area contributed by atoms with E-state index >= 15 is 0 Å². The third-order valence-electron chi connectivity index (χ3n) is 5.58. The molecule has 1 saturated heterocycles. The highest BCUT2D eigenvalue weighted by atomic mass is 16.6. The lowest BCUT2D eigenvalue weighted by molar-refractivity contribution is -0.215. The molecular formula is C21H18O10. The summed E-state index contributed by atoms with van der Waals surface area (Å²) in [5.41, 5.74) is -0.242. The van der Waals surface area contributed by atoms with Gasteiger partial charge in [0.25, 0.3) is 0 Å². The van der Waals surface area contributed by atoms with Gasteiger partial charge in [0.1, 0.15) is 58.6 Å². The Balaban J connectivity index is 1.74. The molecule has 5 atom stereocenters. The van der Waals surface area contributed by atoms with Gasteiger partial charge in [0.2, 0.25) is 0 Å². The van der Waals surface area contributed by atoms with Crippen molar-refractivity contribution in [2.45, 2.75) is 30.5 Å². The fourth-order valence-electron chi connectivity index (χ4n) is 4.16. The number of phenolic OH excluding ortho intramolecular Hbond substituents is 3. The molecule has 6 N–H and O–H groups in total. The van der Waals surface area contributed by atoms with Gasteiger partial charge < -0.3 is 44.5 Å². The predicted molar refractivity (Wildman–Crippen MR) is 104 cm³/mol. The van der Waals surface area contributed by atoms with Gasteiger partial charge in [-0.05, 0) is 12.1 Å². The van der Waals surface area contributed by atoms with Crippen LogP contribution in [0.15, 0.2) is 39.5 Å². The van der Waals surface area contributed by atoms with Crippen LogP contribution in [-0.4, -0.2) is 61.7 Å². The number of benzene rings is 2. The van der Waals surface area contributed by atoms with Crippen molar-refractivity contribution in [2.75, 3.05) is 6.61 Å². The van der Waals surface area contributed by atoms with E-state index in [0.717, 1.165) is 12.1 Å². The smallest absolute Gasteiger partial charge is 0.197 e. The van der Waals surface area contributed by atoms with E-state index in [9.17, 15) is 35.4 Å². The Labute approximate surface area is 173 Å². The quantitative estimate of drug-likeness (QED) is 0.336. The van der Waals surface area contributed by atoms with Crippen molar-refractivity contribution < 1.29 is 44.5 Å². The summed E-state index contributed by atoms with van der Waals surface area (Å²) in [6, 6.07) is 5.98. The van der Waals surface area contributed by atoms with Gasteiger partial charge in [0, 0.05) is 23.8 Å². The summed E-state index contributed by atoms with van der Waals surface area (Å²) < 4.78 is 17.3. The summed E-state index contributed by atoms with van der Waals surface area (Å²) in [4.78, 5) is 12.8. The van der Waals surface area contributed by atoms with E-state index < -0.39 is 48.3 Å². The summed E-state index contributed by atoms with van der Waals surface area (Å²) in [6.07, 6.45) is -5.97. The Kier molecular flexibility index (Phi) is 4.34. The van der Waals surface area contributed by atoms with Gasteiger partial charge in [-0.25, -0.2) is 0 Å². The number of aliphatic hydroxyl groups is 3. The molecule has 5 unspecified atom stereocenters. The van der Waals surface area contributed by atoms with Crippen LogP contribution in [0.4, 0.5) is 0 Å². The molecule has 0 spiro atoms. The first kappa shape index (κ1) is 19.6. The van der Waals surface area contributed by atoms with Crippen LogP contribution in [0.3, 0.4) is 0 Å². The molecule has 5 rings (SSSR count). The van der Waals surface area contributed by atoms with Crippen molar-refractivity contribution in [3.8, 4) is 34.3 Å². The molecule has 0 amide bonds. The third-order valence-corrected chi connectivity index (χ3v) is 5.58. The predicted octanol–water partition coefficient (Wildman–Crippen LogP) is 0.492. The maximum atomic E-state index is 12.8. The van der Waals surface area contributed by atoms with Crippen molar-refractivity contribution in [1.82, 2.24) is 0 Å². The van der Waals surface area contributed by atoms with Crippen LogP contribution in [0.25, 0.3) is 22.3 Å². The number of fused-ring (bicyclic) bond motifs is 5. The fraction of sp³-hybridized carbons (Fsp3) is 0.286. The van der Waals surface area contributed by atoms with Gasteiger partial charge in [-0.2, -0.15) is 0 Å². The average Bonchev–Trinajstić information content (AvgIpc) is 3.08. The molecule has 3 heterocycles. The minimum atomic E-state index is -1.40. The minimum Gasteiger partial charge on any atom is -0.508 e. The van der Waals surface area contributed by atoms with Crippen molar-refractivity contribution in [3.63, 3.8) is 0 Å². The summed E-state index contributed by atoms with van der Waals surface area (Å²) in [7, 11) is 0. The lowest BCUT2D eigenvalue weighted by atomic mass is 9.92. The van der Waals surface area contributed by atoms with E-state index in [1.54, 1.807) is 0 Å². The Hall–Kier alpha value is -3.31. The number of hydrogen-bond donors (Lipinski definition) is 6. The van der Waals surface area contributed by atoms with Crippen LogP contribution in [0.1, 0.15) is 11.7 Å². The first-order chi connectivity index (χ1) is 14.8. The molecule has 0 aliphatic carbocycles. The first-order valence-corrected chi connectivity index (χ1v) is 9.44. The maximum Gasteiger partial charge on any atom is 0.197 e. The Morgan fingerprint density at radius 3 is 2.32 bits per heavy atom. The monoisotopic (exact) mass is 430 g/mol. The topological polar surface area (TPSA) is 170 Å². The molecule has 2 aliphatic rings. The van der Waals surface area contributed by atoms with Crippen LogP contribution in [-0.2, 0) is 4.74 Å². The van der Waals surface area contributed by atoms with Gasteiger partial charge in [-0.1, -0.05) is 0 Å². The SMILES string of the molecule is O=c1cc(-c2cc(O)cc(O)c2)oc2c3c(cc(O)c12)OC1C3OC(CO)C(O)C1O. The zero-order valence-corrected chi connectivity index (χ0v) is 15.8. The molecule has 2 aromatic carbocycles. The summed E-state index contributed by atoms with van der Waals surface area (Å²) in [6.45, 7) is -0.565. The molecular weight excluding hydrogens is 412 g/mol. The second-order valence-corrected chi connectivity index (χ2v) is 7.57. The second-order valence-electron chi connectivity index (χ2n) is 7.57. The largest absolute Gasteiger partial charge is 0.508 e. The van der Waals surface area contributed by atoms with Gasteiger partial charge in [0.05, 0.1) is 12.2 Å². The lowest BCUT2D eigenvalue weighted by Gasteiger charge is -2.38. The average molecular weight is 430 g/mol. The van der Waals surface area contributed by atoms with Gasteiger partial charge in [-0.3, -0.25) is 4.79 Å². The molecule has 10 heteroatoms. The summed E-state index contributed by atoms with van der Waals surface area (Å²) in [5.74, 6) is -0.833. The molecule has 1 aromatic heterocycles. The van der Waals surface area contributed by atoms with Crippen molar-refractivity contribution in [1.29, 1.82) is 0 Å². The van der Waals surface area contributed by atoms with E-state index in [1.807, 2.05) is 0 Å². The van der Waals surface area contributed by atoms with E-state index in [2.05, 4.69) is 0 Å². The van der Waals surface area contributed by atoms with Crippen molar-refractivity contribution in [3.05, 3.63) is 46.1 Å². The lowest BCUT2D eigenvalue weighted by Crippen LogP contribution is -2.55. The van der Waals surface area contributed by atoms with E-state index in [0.29, 0.717) is 0 Å². The summed E-state index contributed by atoms with van der Waals surface area (Å²) >= 11 is 0. The van der Waals surface area contributed by atoms with Crippen LogP contribution >= 0.6 is 0 Å². The number of rotatable bonds is 2. The highest BCUT2D eigenvalue weighted by molar-refractivity contribution is 5.90. The third kappa shape index (κ3) is 2.92. The second kappa shape index (κ2) is 6.86. The minimum absolute atomic E-state index is 0.00458. The highest BCUT2D eigenvalue weighted by Crippen LogP contribution is 2.50. The molecule has 0 radical (unpaired) electrons. The number of phenols is 3. The van der Waals surface area contributed by atoms with Crippen LogP contribution in [0.2, 0.25) is 0 Å². The number of aromatic hydroxyl groups is 3. The van der Waals surface area contributed by atoms with E-state index in [4.69, 9.17) is 13.9 Å². The molecule has 0 bridgehead atoms. The van der Waals surface area contributed by atoms with Crippen molar-refractivity contribution in [2.24, 2.45) is 0 Å². The van der Waals surface area contributed by atoms with Gasteiger partial charge in [0.15, 0.2) is 17.1 Å². The standard InChI is InChI=1S/C21H18O10/c22-6-14-17(27)18(28)21-20(31-14)16-13(30-21)5-11(26)15-10(25)4-12(29-19(15)16)7-1-8(23)3-9(24)2-7/h1-5,14,17-18,20-24,26-28H,6H2. The van der Waals surface area contributed by atoms with Crippen molar-refractivity contribution >= 4 is 11.0 Å². The van der Waals surface area contributed by atoms with E-state index in [1.165, 1.54) is 18.2 Å². The number of hydrogen-bond acceptors (Lipinski definition) is 10.